The van der Waals surface area contributed by atoms with Gasteiger partial charge >= 0.3 is 6.18 Å². The molecule has 0 radical (unpaired) electrons. The van der Waals surface area contributed by atoms with Crippen LogP contribution in [0.25, 0.3) is 21.9 Å². The summed E-state index contributed by atoms with van der Waals surface area (Å²) >= 11 is 0. The van der Waals surface area contributed by atoms with Crippen LogP contribution in [0.4, 0.5) is 19.0 Å². The van der Waals surface area contributed by atoms with Crippen LogP contribution in [0.3, 0.4) is 0 Å². The van der Waals surface area contributed by atoms with E-state index in [0.29, 0.717) is 36.4 Å². The first-order chi connectivity index (χ1) is 13.2. The summed E-state index contributed by atoms with van der Waals surface area (Å²) in [5.74, 6) is -1.17. The Kier molecular flexibility index (Phi) is 4.62. The van der Waals surface area contributed by atoms with Crippen molar-refractivity contribution in [2.45, 2.75) is 25.1 Å². The maximum atomic E-state index is 12.5. The third-order valence-corrected chi connectivity index (χ3v) is 5.99. The van der Waals surface area contributed by atoms with Crippen molar-refractivity contribution in [3.8, 4) is 0 Å². The van der Waals surface area contributed by atoms with Crippen LogP contribution in [0, 0.1) is 0 Å². The number of aromatic nitrogens is 4. The first kappa shape index (κ1) is 18.9. The number of rotatable bonds is 4. The molecule has 3 aromatic rings. The van der Waals surface area contributed by atoms with Crippen LogP contribution in [-0.4, -0.2) is 59.6 Å². The molecule has 150 valence electrons. The molecule has 1 unspecified atom stereocenters. The molecule has 28 heavy (non-hydrogen) atoms. The second-order valence-electron chi connectivity index (χ2n) is 6.75. The number of H-pyrrole nitrogens is 1. The predicted molar refractivity (Wildman–Crippen MR) is 97.4 cm³/mol. The highest BCUT2D eigenvalue weighted by atomic mass is 32.2. The van der Waals surface area contributed by atoms with Gasteiger partial charge in [0.25, 0.3) is 0 Å². The molecule has 12 heteroatoms. The summed E-state index contributed by atoms with van der Waals surface area (Å²) in [5, 5.41) is 9.82. The Morgan fingerprint density at radius 3 is 2.89 bits per heavy atom. The summed E-state index contributed by atoms with van der Waals surface area (Å²) in [6, 6.07) is 2.97. The number of hydrogen-bond acceptors (Lipinski definition) is 6. The molecule has 4 rings (SSSR count). The molecule has 0 aromatic carbocycles. The van der Waals surface area contributed by atoms with Gasteiger partial charge in [-0.3, -0.25) is 0 Å². The number of pyridine rings is 1. The van der Waals surface area contributed by atoms with E-state index in [0.717, 1.165) is 10.8 Å². The molecule has 4 heterocycles. The van der Waals surface area contributed by atoms with Crippen LogP contribution in [0.5, 0.6) is 0 Å². The van der Waals surface area contributed by atoms with Gasteiger partial charge in [-0.1, -0.05) is 0 Å². The highest BCUT2D eigenvalue weighted by Crippen LogP contribution is 2.31. The van der Waals surface area contributed by atoms with Gasteiger partial charge in [0.2, 0.25) is 10.0 Å². The smallest absolute Gasteiger partial charge is 0.356 e. The van der Waals surface area contributed by atoms with Gasteiger partial charge in [0, 0.05) is 36.9 Å². The van der Waals surface area contributed by atoms with Gasteiger partial charge in [-0.25, -0.2) is 18.1 Å². The standard InChI is InChI=1S/C16H17F3N6O2S/c17-16(18,19)9-28(26,27)24-10-2-1-7-25(8-10)15-13-11-3-5-20-14(11)23-22-12(13)4-6-21-15/h3-6,10,21,24H,1-2,7-9H2. The molecule has 2 N–H and O–H groups in total. The maximum absolute atomic E-state index is 12.5. The summed E-state index contributed by atoms with van der Waals surface area (Å²) in [6.45, 7) is 0.871. The van der Waals surface area contributed by atoms with Crippen LogP contribution in [0.2, 0.25) is 0 Å². The second-order valence-corrected chi connectivity index (χ2v) is 8.50. The van der Waals surface area contributed by atoms with Crippen molar-refractivity contribution >= 4 is 37.8 Å². The number of nitrogens with one attached hydrogen (secondary N) is 2. The third kappa shape index (κ3) is 3.87. The molecule has 0 saturated carbocycles. The van der Waals surface area contributed by atoms with Gasteiger partial charge in [0.05, 0.1) is 10.9 Å². The van der Waals surface area contributed by atoms with Gasteiger partial charge < -0.3 is 9.88 Å². The lowest BCUT2D eigenvalue weighted by Gasteiger charge is -2.34. The lowest BCUT2D eigenvalue weighted by atomic mass is 10.1. The maximum Gasteiger partial charge on any atom is 0.404 e. The van der Waals surface area contributed by atoms with Gasteiger partial charge in [-0.2, -0.15) is 13.2 Å². The normalized spacial score (nSPS) is 18.8. The zero-order chi connectivity index (χ0) is 19.9. The Morgan fingerprint density at radius 1 is 1.29 bits per heavy atom. The molecular formula is C16H17F3N6O2S. The van der Waals surface area contributed by atoms with Crippen molar-refractivity contribution in [1.82, 2.24) is 24.9 Å². The SMILES string of the molecule is O=S(=O)(CC(F)(F)F)NC1CCCN(c2[nH]ccc3nnc4nccc4c23)C1. The van der Waals surface area contributed by atoms with E-state index in [-0.39, 0.29) is 6.54 Å². The number of nitrogens with zero attached hydrogens (tertiary/aromatic N) is 4. The summed E-state index contributed by atoms with van der Waals surface area (Å²) in [4.78, 5) is 9.22. The third-order valence-electron chi connectivity index (χ3n) is 4.59. The molecule has 0 spiro atoms. The van der Waals surface area contributed by atoms with Crippen LogP contribution in [0.15, 0.2) is 24.5 Å². The number of sulfonamides is 1. The topological polar surface area (TPSA) is 104 Å². The fourth-order valence-electron chi connectivity index (χ4n) is 3.56. The van der Waals surface area contributed by atoms with Crippen LogP contribution >= 0.6 is 0 Å². The van der Waals surface area contributed by atoms with Crippen molar-refractivity contribution in [2.75, 3.05) is 23.7 Å². The molecule has 8 nitrogen and oxygen atoms in total. The number of anilines is 1. The molecule has 0 amide bonds. The van der Waals surface area contributed by atoms with E-state index < -0.39 is 28.0 Å². The minimum Gasteiger partial charge on any atom is -0.356 e. The molecular weight excluding hydrogens is 397 g/mol. The lowest BCUT2D eigenvalue weighted by molar-refractivity contribution is -0.106. The first-order valence-electron chi connectivity index (χ1n) is 8.62. The molecule has 0 bridgehead atoms. The van der Waals surface area contributed by atoms with Crippen molar-refractivity contribution in [1.29, 1.82) is 0 Å². The summed E-state index contributed by atoms with van der Waals surface area (Å²) in [6.07, 6.45) is -0.361. The van der Waals surface area contributed by atoms with Crippen LogP contribution in [0.1, 0.15) is 12.8 Å². The van der Waals surface area contributed by atoms with E-state index >= 15 is 0 Å². The highest BCUT2D eigenvalue weighted by Gasteiger charge is 2.37. The minimum atomic E-state index is -4.78. The average Bonchev–Trinajstić information content (AvgIpc) is 3.07. The molecule has 1 aliphatic heterocycles. The van der Waals surface area contributed by atoms with Crippen LogP contribution < -0.4 is 9.62 Å². The molecule has 1 atom stereocenters. The first-order valence-corrected chi connectivity index (χ1v) is 10.3. The van der Waals surface area contributed by atoms with E-state index in [1.54, 1.807) is 18.5 Å². The zero-order valence-electron chi connectivity index (χ0n) is 14.6. The Labute approximate surface area is 158 Å². The van der Waals surface area contributed by atoms with Crippen molar-refractivity contribution < 1.29 is 21.6 Å². The molecule has 3 aromatic heterocycles. The zero-order valence-corrected chi connectivity index (χ0v) is 15.4. The quantitative estimate of drug-likeness (QED) is 0.676. The van der Waals surface area contributed by atoms with Crippen molar-refractivity contribution in [3.63, 3.8) is 0 Å². The number of piperidine rings is 1. The monoisotopic (exact) mass is 414 g/mol. The Bertz CT molecular complexity index is 1110. The molecule has 0 aliphatic carbocycles. The second kappa shape index (κ2) is 6.85. The Balaban J connectivity index is 1.63. The van der Waals surface area contributed by atoms with E-state index in [2.05, 4.69) is 24.9 Å². The van der Waals surface area contributed by atoms with Gasteiger partial charge in [-0.15, -0.1) is 10.2 Å². The van der Waals surface area contributed by atoms with E-state index in [1.165, 1.54) is 0 Å². The summed E-state index contributed by atoms with van der Waals surface area (Å²) < 4.78 is 63.3. The largest absolute Gasteiger partial charge is 0.404 e. The average molecular weight is 414 g/mol. The lowest BCUT2D eigenvalue weighted by Crippen LogP contribution is -2.49. The van der Waals surface area contributed by atoms with E-state index in [1.807, 2.05) is 11.0 Å². The fourth-order valence-corrected chi connectivity index (χ4v) is 4.78. The Morgan fingerprint density at radius 2 is 2.11 bits per heavy atom. The molecule has 1 aliphatic rings. The Hall–Kier alpha value is -2.47. The number of hydrogen-bond donors (Lipinski definition) is 2. The molecule has 1 fully saturated rings. The van der Waals surface area contributed by atoms with Crippen LogP contribution in [-0.2, 0) is 10.0 Å². The number of fused-ring (bicyclic) bond motifs is 3. The van der Waals surface area contributed by atoms with Crippen molar-refractivity contribution in [3.05, 3.63) is 24.5 Å². The minimum absolute atomic E-state index is 0.241. The summed E-state index contributed by atoms with van der Waals surface area (Å²) in [7, 11) is -4.46. The van der Waals surface area contributed by atoms with Gasteiger partial charge in [0.15, 0.2) is 11.4 Å². The van der Waals surface area contributed by atoms with Gasteiger partial charge in [0.1, 0.15) is 5.82 Å². The number of aromatic amines is 1. The van der Waals surface area contributed by atoms with Crippen molar-refractivity contribution in [2.24, 2.45) is 0 Å². The summed E-state index contributed by atoms with van der Waals surface area (Å²) in [5.41, 5.74) is 1.14. The van der Waals surface area contributed by atoms with E-state index in [4.69, 9.17) is 0 Å². The van der Waals surface area contributed by atoms with E-state index in [9.17, 15) is 21.6 Å². The van der Waals surface area contributed by atoms with Gasteiger partial charge in [-0.05, 0) is 25.0 Å². The number of alkyl halides is 3. The fraction of sp³-hybridized carbons (Fsp3) is 0.438. The predicted octanol–water partition coefficient (Wildman–Crippen LogP) is 1.96. The highest BCUT2D eigenvalue weighted by molar-refractivity contribution is 7.89. The number of halogens is 3. The molecule has 1 saturated heterocycles.